The molecule has 0 spiro atoms. The van der Waals surface area contributed by atoms with Crippen molar-refractivity contribution >= 4 is 45.2 Å². The lowest BCUT2D eigenvalue weighted by atomic mass is 10.3. The Morgan fingerprint density at radius 1 is 1.45 bits per heavy atom. The van der Waals surface area contributed by atoms with Crippen LogP contribution in [-0.2, 0) is 0 Å². The van der Waals surface area contributed by atoms with Gasteiger partial charge in [-0.2, -0.15) is 0 Å². The largest absolute Gasteiger partial charge is 0.329 e. The van der Waals surface area contributed by atoms with Crippen molar-refractivity contribution in [1.29, 1.82) is 0 Å². The molecule has 0 aliphatic carbocycles. The lowest BCUT2D eigenvalue weighted by Crippen LogP contribution is -1.70. The molecule has 0 atom stereocenters. The van der Waals surface area contributed by atoms with E-state index in [0.29, 0.717) is 5.28 Å². The second-order valence-electron chi connectivity index (χ2n) is 2.19. The molecule has 1 aromatic carbocycles. The summed E-state index contributed by atoms with van der Waals surface area (Å²) in [7, 11) is 0. The van der Waals surface area contributed by atoms with Crippen LogP contribution in [-0.4, -0.2) is 9.97 Å². The van der Waals surface area contributed by atoms with Gasteiger partial charge in [0.2, 0.25) is 5.28 Å². The minimum absolute atomic E-state index is 0.446. The van der Waals surface area contributed by atoms with Crippen LogP contribution in [0.25, 0.3) is 11.0 Å². The van der Waals surface area contributed by atoms with Crippen molar-refractivity contribution in [3.05, 3.63) is 27.1 Å². The van der Waals surface area contributed by atoms with Gasteiger partial charge in [0.15, 0.2) is 0 Å². The quantitative estimate of drug-likeness (QED) is 0.738. The number of nitrogens with one attached hydrogen (secondary N) is 1. The van der Waals surface area contributed by atoms with E-state index in [2.05, 4.69) is 32.6 Å². The average molecular weight is 278 g/mol. The van der Waals surface area contributed by atoms with Crippen LogP contribution in [0, 0.1) is 3.57 Å². The van der Waals surface area contributed by atoms with Crippen LogP contribution in [0.15, 0.2) is 18.2 Å². The van der Waals surface area contributed by atoms with Crippen LogP contribution in [0.3, 0.4) is 0 Å². The van der Waals surface area contributed by atoms with E-state index in [9.17, 15) is 0 Å². The van der Waals surface area contributed by atoms with Crippen molar-refractivity contribution in [2.75, 3.05) is 0 Å². The molecular formula is C7H4ClIN2. The van der Waals surface area contributed by atoms with Crippen LogP contribution in [0.5, 0.6) is 0 Å². The van der Waals surface area contributed by atoms with Gasteiger partial charge in [0.25, 0.3) is 0 Å². The lowest BCUT2D eigenvalue weighted by molar-refractivity contribution is 1.34. The molecule has 1 N–H and O–H groups in total. The highest BCUT2D eigenvalue weighted by Gasteiger charge is 1.98. The summed E-state index contributed by atoms with van der Waals surface area (Å²) >= 11 is 7.91. The molecular weight excluding hydrogens is 274 g/mol. The molecule has 2 aromatic rings. The van der Waals surface area contributed by atoms with Gasteiger partial charge in [0.05, 0.1) is 11.0 Å². The zero-order chi connectivity index (χ0) is 7.84. The highest BCUT2D eigenvalue weighted by atomic mass is 127. The van der Waals surface area contributed by atoms with Crippen LogP contribution < -0.4 is 0 Å². The summed E-state index contributed by atoms with van der Waals surface area (Å²) < 4.78 is 1.18. The van der Waals surface area contributed by atoms with E-state index >= 15 is 0 Å². The monoisotopic (exact) mass is 278 g/mol. The average Bonchev–Trinajstić information content (AvgIpc) is 2.27. The first-order chi connectivity index (χ1) is 5.25. The number of aromatic nitrogens is 2. The molecule has 0 radical (unpaired) electrons. The Bertz CT molecular complexity index is 396. The van der Waals surface area contributed by atoms with Crippen molar-refractivity contribution in [1.82, 2.24) is 9.97 Å². The van der Waals surface area contributed by atoms with Gasteiger partial charge in [-0.05, 0) is 52.4 Å². The van der Waals surface area contributed by atoms with E-state index in [-0.39, 0.29) is 0 Å². The molecule has 0 bridgehead atoms. The normalized spacial score (nSPS) is 10.7. The number of hydrogen-bond donors (Lipinski definition) is 1. The third-order valence-electron chi connectivity index (χ3n) is 1.42. The zero-order valence-electron chi connectivity index (χ0n) is 5.44. The Hall–Kier alpha value is -0.290. The molecule has 0 saturated heterocycles. The van der Waals surface area contributed by atoms with Gasteiger partial charge in [0.1, 0.15) is 0 Å². The van der Waals surface area contributed by atoms with Gasteiger partial charge in [-0.3, -0.25) is 0 Å². The predicted octanol–water partition coefficient (Wildman–Crippen LogP) is 2.82. The fourth-order valence-corrected chi connectivity index (χ4v) is 1.63. The summed E-state index contributed by atoms with van der Waals surface area (Å²) in [5, 5.41) is 0.446. The van der Waals surface area contributed by atoms with Gasteiger partial charge < -0.3 is 4.98 Å². The zero-order valence-corrected chi connectivity index (χ0v) is 8.35. The Balaban J connectivity index is 2.82. The van der Waals surface area contributed by atoms with Crippen molar-refractivity contribution in [2.24, 2.45) is 0 Å². The van der Waals surface area contributed by atoms with Crippen LogP contribution >= 0.6 is 34.2 Å². The number of rotatable bonds is 0. The third kappa shape index (κ3) is 1.35. The number of hydrogen-bond acceptors (Lipinski definition) is 1. The minimum atomic E-state index is 0.446. The van der Waals surface area contributed by atoms with Gasteiger partial charge in [-0.1, -0.05) is 0 Å². The summed E-state index contributed by atoms with van der Waals surface area (Å²) in [5.74, 6) is 0. The van der Waals surface area contributed by atoms with E-state index < -0.39 is 0 Å². The topological polar surface area (TPSA) is 28.7 Å². The summed E-state index contributed by atoms with van der Waals surface area (Å²) in [6, 6.07) is 5.95. The van der Waals surface area contributed by atoms with Crippen LogP contribution in [0.1, 0.15) is 0 Å². The summed E-state index contributed by atoms with van der Waals surface area (Å²) in [6.45, 7) is 0. The van der Waals surface area contributed by atoms with E-state index in [1.165, 1.54) is 3.57 Å². The van der Waals surface area contributed by atoms with E-state index in [4.69, 9.17) is 11.6 Å². The molecule has 0 aliphatic heterocycles. The second-order valence-corrected chi connectivity index (χ2v) is 3.79. The molecule has 0 amide bonds. The number of imidazole rings is 1. The molecule has 0 fully saturated rings. The van der Waals surface area contributed by atoms with Crippen LogP contribution in [0.2, 0.25) is 5.28 Å². The van der Waals surface area contributed by atoms with Gasteiger partial charge in [0, 0.05) is 3.57 Å². The Labute approximate surface area is 82.1 Å². The SMILES string of the molecule is Clc1nc2ccc(I)cc2[nH]1. The van der Waals surface area contributed by atoms with Crippen molar-refractivity contribution in [3.8, 4) is 0 Å². The molecule has 56 valence electrons. The standard InChI is InChI=1S/C7H4ClIN2/c8-7-10-5-2-1-4(9)3-6(5)11-7/h1-3H,(H,10,11). The van der Waals surface area contributed by atoms with E-state index in [1.807, 2.05) is 18.2 Å². The third-order valence-corrected chi connectivity index (χ3v) is 2.27. The highest BCUT2D eigenvalue weighted by Crippen LogP contribution is 2.16. The smallest absolute Gasteiger partial charge is 0.201 e. The highest BCUT2D eigenvalue weighted by molar-refractivity contribution is 14.1. The van der Waals surface area contributed by atoms with E-state index in [1.54, 1.807) is 0 Å². The Kier molecular flexibility index (Phi) is 1.77. The van der Waals surface area contributed by atoms with Crippen LogP contribution in [0.4, 0.5) is 0 Å². The number of nitrogens with zero attached hydrogens (tertiary/aromatic N) is 1. The predicted molar refractivity (Wildman–Crippen MR) is 53.8 cm³/mol. The van der Waals surface area contributed by atoms with Gasteiger partial charge in [-0.25, -0.2) is 4.98 Å². The van der Waals surface area contributed by atoms with Gasteiger partial charge >= 0.3 is 0 Å². The molecule has 11 heavy (non-hydrogen) atoms. The fourth-order valence-electron chi connectivity index (χ4n) is 0.951. The summed E-state index contributed by atoms with van der Waals surface area (Å²) in [4.78, 5) is 7.01. The molecule has 0 aliphatic rings. The maximum Gasteiger partial charge on any atom is 0.201 e. The molecule has 4 heteroatoms. The molecule has 0 unspecified atom stereocenters. The number of halogens is 2. The Morgan fingerprint density at radius 3 is 3.09 bits per heavy atom. The molecule has 1 aromatic heterocycles. The van der Waals surface area contributed by atoms with Crippen molar-refractivity contribution in [3.63, 3.8) is 0 Å². The van der Waals surface area contributed by atoms with Gasteiger partial charge in [-0.15, -0.1) is 0 Å². The molecule has 2 rings (SSSR count). The number of fused-ring (bicyclic) bond motifs is 1. The van der Waals surface area contributed by atoms with Crippen molar-refractivity contribution < 1.29 is 0 Å². The minimum Gasteiger partial charge on any atom is -0.329 e. The number of H-pyrrole nitrogens is 1. The first kappa shape index (κ1) is 7.36. The maximum atomic E-state index is 5.67. The fraction of sp³-hybridized carbons (Fsp3) is 0. The Morgan fingerprint density at radius 2 is 2.27 bits per heavy atom. The first-order valence-electron chi connectivity index (χ1n) is 3.06. The molecule has 0 saturated carbocycles. The molecule has 1 heterocycles. The number of aromatic amines is 1. The lowest BCUT2D eigenvalue weighted by Gasteiger charge is -1.87. The first-order valence-corrected chi connectivity index (χ1v) is 4.52. The molecule has 2 nitrogen and oxygen atoms in total. The van der Waals surface area contributed by atoms with E-state index in [0.717, 1.165) is 11.0 Å². The van der Waals surface area contributed by atoms with Crippen molar-refractivity contribution in [2.45, 2.75) is 0 Å². The maximum absolute atomic E-state index is 5.67. The second kappa shape index (κ2) is 2.64. The summed E-state index contributed by atoms with van der Waals surface area (Å²) in [5.41, 5.74) is 1.90. The number of benzene rings is 1. The summed E-state index contributed by atoms with van der Waals surface area (Å²) in [6.07, 6.45) is 0.